The van der Waals surface area contributed by atoms with Gasteiger partial charge in [-0.3, -0.25) is 0 Å². The van der Waals surface area contributed by atoms with Gasteiger partial charge in [0.15, 0.2) is 0 Å². The van der Waals surface area contributed by atoms with E-state index in [1.54, 1.807) is 0 Å². The first-order chi connectivity index (χ1) is 6.88. The lowest BCUT2D eigenvalue weighted by Gasteiger charge is -2.34. The molecule has 0 aromatic rings. The van der Waals surface area contributed by atoms with Crippen LogP contribution in [0.2, 0.25) is 0 Å². The van der Waals surface area contributed by atoms with Gasteiger partial charge >= 0.3 is 0 Å². The molecule has 0 unspecified atom stereocenters. The van der Waals surface area contributed by atoms with E-state index in [1.807, 2.05) is 0 Å². The van der Waals surface area contributed by atoms with E-state index >= 15 is 0 Å². The van der Waals surface area contributed by atoms with E-state index in [4.69, 9.17) is 5.11 Å². The van der Waals surface area contributed by atoms with Gasteiger partial charge in [-0.2, -0.15) is 0 Å². The van der Waals surface area contributed by atoms with E-state index in [2.05, 4.69) is 9.80 Å². The predicted octanol–water partition coefficient (Wildman–Crippen LogP) is 0.396. The lowest BCUT2D eigenvalue weighted by atomic mass is 10.2. The van der Waals surface area contributed by atoms with Crippen LogP contribution in [-0.2, 0) is 0 Å². The van der Waals surface area contributed by atoms with Crippen LogP contribution in [0.5, 0.6) is 0 Å². The molecule has 1 N–H and O–H groups in total. The van der Waals surface area contributed by atoms with Crippen LogP contribution >= 0.6 is 0 Å². The van der Waals surface area contributed by atoms with Crippen molar-refractivity contribution in [2.24, 2.45) is 5.92 Å². The van der Waals surface area contributed by atoms with Crippen LogP contribution in [0.4, 0.5) is 0 Å². The third-order valence-corrected chi connectivity index (χ3v) is 3.31. The first-order valence-corrected chi connectivity index (χ1v) is 5.94. The van der Waals surface area contributed by atoms with Crippen molar-refractivity contribution in [2.75, 3.05) is 45.9 Å². The van der Waals surface area contributed by atoms with Crippen LogP contribution in [0.1, 0.15) is 19.3 Å². The second kappa shape index (κ2) is 5.10. The van der Waals surface area contributed by atoms with E-state index < -0.39 is 0 Å². The fourth-order valence-corrected chi connectivity index (χ4v) is 2.16. The van der Waals surface area contributed by atoms with Crippen molar-refractivity contribution in [2.45, 2.75) is 19.3 Å². The van der Waals surface area contributed by atoms with Crippen LogP contribution in [0.15, 0.2) is 0 Å². The van der Waals surface area contributed by atoms with Gasteiger partial charge in [0.2, 0.25) is 0 Å². The second-order valence-corrected chi connectivity index (χ2v) is 4.66. The molecule has 0 spiro atoms. The third kappa shape index (κ3) is 3.23. The van der Waals surface area contributed by atoms with Crippen molar-refractivity contribution in [3.63, 3.8) is 0 Å². The summed E-state index contributed by atoms with van der Waals surface area (Å²) in [5, 5.41) is 8.74. The maximum atomic E-state index is 8.74. The molecule has 3 nitrogen and oxygen atoms in total. The Labute approximate surface area is 86.7 Å². The molecule has 0 aromatic heterocycles. The van der Waals surface area contributed by atoms with Crippen molar-refractivity contribution in [1.29, 1.82) is 0 Å². The fourth-order valence-electron chi connectivity index (χ4n) is 2.16. The fraction of sp³-hybridized carbons (Fsp3) is 1.00. The smallest absolute Gasteiger partial charge is 0.0443 e. The highest BCUT2D eigenvalue weighted by Gasteiger charge is 2.25. The topological polar surface area (TPSA) is 26.7 Å². The van der Waals surface area contributed by atoms with Crippen molar-refractivity contribution in [1.82, 2.24) is 9.80 Å². The van der Waals surface area contributed by atoms with Gasteiger partial charge in [-0.25, -0.2) is 0 Å². The molecule has 0 aromatic carbocycles. The maximum Gasteiger partial charge on any atom is 0.0443 e. The van der Waals surface area contributed by atoms with E-state index in [1.165, 1.54) is 45.6 Å². The summed E-state index contributed by atoms with van der Waals surface area (Å²) in [7, 11) is 0. The molecule has 0 atom stereocenters. The minimum Gasteiger partial charge on any atom is -0.396 e. The van der Waals surface area contributed by atoms with Gasteiger partial charge in [-0.15, -0.1) is 0 Å². The van der Waals surface area contributed by atoms with Crippen molar-refractivity contribution >= 4 is 0 Å². The van der Waals surface area contributed by atoms with Gasteiger partial charge in [0, 0.05) is 45.9 Å². The van der Waals surface area contributed by atoms with Gasteiger partial charge in [0.05, 0.1) is 0 Å². The van der Waals surface area contributed by atoms with E-state index in [0.29, 0.717) is 6.61 Å². The van der Waals surface area contributed by atoms with Crippen LogP contribution in [0, 0.1) is 5.92 Å². The molecule has 1 saturated carbocycles. The molecular formula is C11H22N2O. The number of hydrogen-bond donors (Lipinski definition) is 1. The number of aliphatic hydroxyl groups excluding tert-OH is 1. The Balaban J connectivity index is 1.59. The maximum absolute atomic E-state index is 8.74. The van der Waals surface area contributed by atoms with Gasteiger partial charge in [0.25, 0.3) is 0 Å². The summed E-state index contributed by atoms with van der Waals surface area (Å²) in [6, 6.07) is 0. The summed E-state index contributed by atoms with van der Waals surface area (Å²) in [6.07, 6.45) is 3.86. The molecule has 82 valence electrons. The SMILES string of the molecule is OCCCN1CCN(CC2CC2)CC1. The molecule has 1 saturated heterocycles. The van der Waals surface area contributed by atoms with Gasteiger partial charge in [0.1, 0.15) is 0 Å². The molecule has 1 heterocycles. The van der Waals surface area contributed by atoms with Crippen LogP contribution in [0.25, 0.3) is 0 Å². The highest BCUT2D eigenvalue weighted by atomic mass is 16.3. The van der Waals surface area contributed by atoms with Crippen LogP contribution < -0.4 is 0 Å². The Morgan fingerprint density at radius 3 is 2.21 bits per heavy atom. The Kier molecular flexibility index (Phi) is 3.79. The number of rotatable bonds is 5. The van der Waals surface area contributed by atoms with Crippen LogP contribution in [0.3, 0.4) is 0 Å². The summed E-state index contributed by atoms with van der Waals surface area (Å²) in [4.78, 5) is 5.08. The lowest BCUT2D eigenvalue weighted by Crippen LogP contribution is -2.47. The summed E-state index contributed by atoms with van der Waals surface area (Å²) in [5.74, 6) is 1.03. The van der Waals surface area contributed by atoms with Crippen molar-refractivity contribution in [3.05, 3.63) is 0 Å². The molecule has 1 aliphatic carbocycles. The first kappa shape index (κ1) is 10.4. The molecule has 2 rings (SSSR count). The molecular weight excluding hydrogens is 176 g/mol. The van der Waals surface area contributed by atoms with Gasteiger partial charge in [-0.05, 0) is 25.2 Å². The molecule has 0 bridgehead atoms. The Bertz CT molecular complexity index is 163. The minimum atomic E-state index is 0.336. The van der Waals surface area contributed by atoms with E-state index in [-0.39, 0.29) is 0 Å². The largest absolute Gasteiger partial charge is 0.396 e. The van der Waals surface area contributed by atoms with Gasteiger partial charge in [-0.1, -0.05) is 0 Å². The first-order valence-electron chi connectivity index (χ1n) is 5.94. The molecule has 0 radical (unpaired) electrons. The zero-order chi connectivity index (χ0) is 9.80. The lowest BCUT2D eigenvalue weighted by molar-refractivity contribution is 0.121. The van der Waals surface area contributed by atoms with E-state index in [9.17, 15) is 0 Å². The number of hydrogen-bond acceptors (Lipinski definition) is 3. The highest BCUT2D eigenvalue weighted by Crippen LogP contribution is 2.29. The molecule has 2 aliphatic rings. The monoisotopic (exact) mass is 198 g/mol. The van der Waals surface area contributed by atoms with Gasteiger partial charge < -0.3 is 14.9 Å². The highest BCUT2D eigenvalue weighted by molar-refractivity contribution is 4.80. The van der Waals surface area contributed by atoms with Crippen molar-refractivity contribution in [3.8, 4) is 0 Å². The predicted molar refractivity (Wildman–Crippen MR) is 57.3 cm³/mol. The molecule has 2 fully saturated rings. The molecule has 3 heteroatoms. The molecule has 0 amide bonds. The Hall–Kier alpha value is -0.120. The third-order valence-electron chi connectivity index (χ3n) is 3.31. The Morgan fingerprint density at radius 1 is 1.00 bits per heavy atom. The zero-order valence-electron chi connectivity index (χ0n) is 8.99. The van der Waals surface area contributed by atoms with Crippen LogP contribution in [-0.4, -0.2) is 60.8 Å². The summed E-state index contributed by atoms with van der Waals surface area (Å²) < 4.78 is 0. The number of piperazine rings is 1. The average Bonchev–Trinajstić information content (AvgIpc) is 3.01. The standard InChI is InChI=1S/C11H22N2O/c14-9-1-4-12-5-7-13(8-6-12)10-11-2-3-11/h11,14H,1-10H2. The normalized spacial score (nSPS) is 25.5. The minimum absolute atomic E-state index is 0.336. The Morgan fingerprint density at radius 2 is 1.64 bits per heavy atom. The molecule has 14 heavy (non-hydrogen) atoms. The molecule has 1 aliphatic heterocycles. The average molecular weight is 198 g/mol. The van der Waals surface area contributed by atoms with E-state index in [0.717, 1.165) is 18.9 Å². The number of aliphatic hydroxyl groups is 1. The number of nitrogens with zero attached hydrogens (tertiary/aromatic N) is 2. The van der Waals surface area contributed by atoms with Crippen molar-refractivity contribution < 1.29 is 5.11 Å². The quantitative estimate of drug-likeness (QED) is 0.692. The zero-order valence-corrected chi connectivity index (χ0v) is 8.99. The summed E-state index contributed by atoms with van der Waals surface area (Å²) in [6.45, 7) is 7.63. The summed E-state index contributed by atoms with van der Waals surface area (Å²) >= 11 is 0. The summed E-state index contributed by atoms with van der Waals surface area (Å²) in [5.41, 5.74) is 0. The second-order valence-electron chi connectivity index (χ2n) is 4.66.